The lowest BCUT2D eigenvalue weighted by Gasteiger charge is -2.09. The van der Waals surface area contributed by atoms with Gasteiger partial charge in [-0.2, -0.15) is 5.26 Å². The van der Waals surface area contributed by atoms with E-state index in [1.54, 1.807) is 11.8 Å². The molecule has 2 nitrogen and oxygen atoms in total. The van der Waals surface area contributed by atoms with Gasteiger partial charge in [-0.1, -0.05) is 15.9 Å². The third kappa shape index (κ3) is 4.25. The maximum atomic E-state index is 8.93. The van der Waals surface area contributed by atoms with Crippen LogP contribution in [0.3, 0.4) is 0 Å². The van der Waals surface area contributed by atoms with Gasteiger partial charge in [-0.05, 0) is 32.3 Å². The number of hydrogen-bond acceptors (Lipinski definition) is 3. The Bertz CT molecular complexity index is 371. The van der Waals surface area contributed by atoms with E-state index in [4.69, 9.17) is 5.26 Å². The van der Waals surface area contributed by atoms with Crippen LogP contribution in [-0.4, -0.2) is 31.3 Å². The van der Waals surface area contributed by atoms with Crippen molar-refractivity contribution in [3.63, 3.8) is 0 Å². The second kappa shape index (κ2) is 6.16. The first kappa shape index (κ1) is 12.6. The monoisotopic (exact) mass is 284 g/mol. The van der Waals surface area contributed by atoms with E-state index < -0.39 is 0 Å². The van der Waals surface area contributed by atoms with Crippen LogP contribution < -0.4 is 0 Å². The number of benzene rings is 1. The fraction of sp³-hybridized carbons (Fsp3) is 0.364. The highest BCUT2D eigenvalue weighted by atomic mass is 79.9. The summed E-state index contributed by atoms with van der Waals surface area (Å²) in [5.74, 6) is 0.998. The van der Waals surface area contributed by atoms with E-state index in [0.717, 1.165) is 27.2 Å². The third-order valence-electron chi connectivity index (χ3n) is 1.86. The Labute approximate surface area is 103 Å². The summed E-state index contributed by atoms with van der Waals surface area (Å²) in [5.41, 5.74) is 0.752. The number of rotatable bonds is 4. The Morgan fingerprint density at radius 1 is 1.47 bits per heavy atom. The Balaban J connectivity index is 2.67. The third-order valence-corrected chi connectivity index (χ3v) is 3.39. The highest BCUT2D eigenvalue weighted by Crippen LogP contribution is 2.25. The molecule has 0 unspecified atom stereocenters. The van der Waals surface area contributed by atoms with Gasteiger partial charge in [0, 0.05) is 21.7 Å². The maximum absolute atomic E-state index is 8.93. The average Bonchev–Trinajstić information content (AvgIpc) is 2.17. The summed E-state index contributed by atoms with van der Waals surface area (Å²) in [6, 6.07) is 7.95. The summed E-state index contributed by atoms with van der Waals surface area (Å²) in [4.78, 5) is 3.19. The summed E-state index contributed by atoms with van der Waals surface area (Å²) in [6.45, 7) is 1.02. The summed E-state index contributed by atoms with van der Waals surface area (Å²) in [6.07, 6.45) is 0. The van der Waals surface area contributed by atoms with Crippen LogP contribution >= 0.6 is 27.7 Å². The number of hydrogen-bond donors (Lipinski definition) is 0. The Hall–Kier alpha value is -0.500. The van der Waals surface area contributed by atoms with E-state index in [1.807, 2.05) is 32.3 Å². The minimum atomic E-state index is 0.752. The van der Waals surface area contributed by atoms with Gasteiger partial charge in [0.25, 0.3) is 0 Å². The molecule has 0 atom stereocenters. The molecule has 0 saturated heterocycles. The highest BCUT2D eigenvalue weighted by Gasteiger charge is 2.03. The molecule has 1 rings (SSSR count). The normalized spacial score (nSPS) is 10.3. The molecule has 0 fully saturated rings. The largest absolute Gasteiger partial charge is 0.309 e. The number of thioether (sulfide) groups is 1. The first-order chi connectivity index (χ1) is 7.13. The summed E-state index contributed by atoms with van der Waals surface area (Å²) >= 11 is 5.13. The SMILES string of the molecule is CN(C)CCSc1cc(Br)ccc1C#N. The first-order valence-electron chi connectivity index (χ1n) is 4.60. The van der Waals surface area contributed by atoms with Gasteiger partial charge in [0.1, 0.15) is 6.07 Å². The second-order valence-corrected chi connectivity index (χ2v) is 5.46. The van der Waals surface area contributed by atoms with Crippen LogP contribution in [-0.2, 0) is 0 Å². The highest BCUT2D eigenvalue weighted by molar-refractivity contribution is 9.10. The van der Waals surface area contributed by atoms with Crippen molar-refractivity contribution < 1.29 is 0 Å². The topological polar surface area (TPSA) is 27.0 Å². The fourth-order valence-corrected chi connectivity index (χ4v) is 2.71. The predicted octanol–water partition coefficient (Wildman–Crippen LogP) is 2.97. The molecule has 0 aromatic heterocycles. The molecular formula is C11H13BrN2S. The predicted molar refractivity (Wildman–Crippen MR) is 68.1 cm³/mol. The van der Waals surface area contributed by atoms with Gasteiger partial charge in [-0.15, -0.1) is 11.8 Å². The first-order valence-corrected chi connectivity index (χ1v) is 6.38. The zero-order valence-corrected chi connectivity index (χ0v) is 11.2. The molecule has 0 bridgehead atoms. The smallest absolute Gasteiger partial charge is 0.100 e. The standard InChI is InChI=1S/C11H13BrN2S/c1-14(2)5-6-15-11-7-10(12)4-3-9(11)8-13/h3-4,7H,5-6H2,1-2H3. The summed E-state index contributed by atoms with van der Waals surface area (Å²) in [7, 11) is 4.10. The Morgan fingerprint density at radius 2 is 2.20 bits per heavy atom. The molecule has 0 saturated carbocycles. The van der Waals surface area contributed by atoms with Crippen LogP contribution in [0.15, 0.2) is 27.6 Å². The van der Waals surface area contributed by atoms with Crippen molar-refractivity contribution in [1.29, 1.82) is 5.26 Å². The van der Waals surface area contributed by atoms with Gasteiger partial charge in [-0.25, -0.2) is 0 Å². The second-order valence-electron chi connectivity index (χ2n) is 3.40. The van der Waals surface area contributed by atoms with E-state index in [2.05, 4.69) is 26.9 Å². The number of nitriles is 1. The quantitative estimate of drug-likeness (QED) is 0.796. The van der Waals surface area contributed by atoms with Gasteiger partial charge in [0.05, 0.1) is 5.56 Å². The van der Waals surface area contributed by atoms with Crippen LogP contribution in [0.2, 0.25) is 0 Å². The summed E-state index contributed by atoms with van der Waals surface area (Å²) in [5, 5.41) is 8.93. The fourth-order valence-electron chi connectivity index (χ4n) is 1.05. The molecule has 0 N–H and O–H groups in total. The van der Waals surface area contributed by atoms with Crippen molar-refractivity contribution in [2.45, 2.75) is 4.90 Å². The Kier molecular flexibility index (Phi) is 5.16. The molecule has 15 heavy (non-hydrogen) atoms. The molecule has 0 spiro atoms. The van der Waals surface area contributed by atoms with E-state index in [1.165, 1.54) is 0 Å². The lowest BCUT2D eigenvalue weighted by molar-refractivity contribution is 0.437. The van der Waals surface area contributed by atoms with Crippen LogP contribution in [0.1, 0.15) is 5.56 Å². The average molecular weight is 285 g/mol. The van der Waals surface area contributed by atoms with Crippen LogP contribution in [0.25, 0.3) is 0 Å². The molecule has 1 aromatic carbocycles. The van der Waals surface area contributed by atoms with Crippen molar-refractivity contribution in [3.05, 3.63) is 28.2 Å². The molecule has 0 aliphatic heterocycles. The Morgan fingerprint density at radius 3 is 2.80 bits per heavy atom. The zero-order chi connectivity index (χ0) is 11.3. The molecule has 80 valence electrons. The molecule has 0 amide bonds. The van der Waals surface area contributed by atoms with Gasteiger partial charge < -0.3 is 4.90 Å². The van der Waals surface area contributed by atoms with E-state index in [9.17, 15) is 0 Å². The van der Waals surface area contributed by atoms with Crippen molar-refractivity contribution >= 4 is 27.7 Å². The molecule has 1 aromatic rings. The lowest BCUT2D eigenvalue weighted by Crippen LogP contribution is -2.14. The minimum Gasteiger partial charge on any atom is -0.309 e. The number of nitrogens with zero attached hydrogens (tertiary/aromatic N) is 2. The zero-order valence-electron chi connectivity index (χ0n) is 8.83. The molecule has 4 heteroatoms. The molecule has 0 aliphatic rings. The van der Waals surface area contributed by atoms with Gasteiger partial charge in [0.2, 0.25) is 0 Å². The maximum Gasteiger partial charge on any atom is 0.100 e. The molecule has 0 heterocycles. The van der Waals surface area contributed by atoms with Crippen LogP contribution in [0.5, 0.6) is 0 Å². The minimum absolute atomic E-state index is 0.752. The molecule has 0 aliphatic carbocycles. The van der Waals surface area contributed by atoms with E-state index >= 15 is 0 Å². The van der Waals surface area contributed by atoms with Crippen LogP contribution in [0, 0.1) is 11.3 Å². The lowest BCUT2D eigenvalue weighted by atomic mass is 10.2. The van der Waals surface area contributed by atoms with Gasteiger partial charge in [-0.3, -0.25) is 0 Å². The summed E-state index contributed by atoms with van der Waals surface area (Å²) < 4.78 is 1.02. The van der Waals surface area contributed by atoms with Crippen molar-refractivity contribution in [1.82, 2.24) is 4.90 Å². The molecular weight excluding hydrogens is 272 g/mol. The van der Waals surface area contributed by atoms with E-state index in [0.29, 0.717) is 0 Å². The van der Waals surface area contributed by atoms with Crippen molar-refractivity contribution in [3.8, 4) is 6.07 Å². The van der Waals surface area contributed by atoms with Gasteiger partial charge >= 0.3 is 0 Å². The molecule has 0 radical (unpaired) electrons. The number of halogens is 1. The van der Waals surface area contributed by atoms with Crippen LogP contribution in [0.4, 0.5) is 0 Å². The van der Waals surface area contributed by atoms with Crippen molar-refractivity contribution in [2.24, 2.45) is 0 Å². The van der Waals surface area contributed by atoms with Gasteiger partial charge in [0.15, 0.2) is 0 Å². The van der Waals surface area contributed by atoms with E-state index in [-0.39, 0.29) is 0 Å². The van der Waals surface area contributed by atoms with Crippen molar-refractivity contribution in [2.75, 3.05) is 26.4 Å².